The number of hydrogen-bond donors (Lipinski definition) is 0. The first kappa shape index (κ1) is 36.3. The molecular formula is C21H33AlO9. The summed E-state index contributed by atoms with van der Waals surface area (Å²) in [5.41, 5.74) is 0. The molecule has 2 unspecified atom stereocenters. The van der Waals surface area contributed by atoms with E-state index in [9.17, 15) is 44.1 Å². The van der Waals surface area contributed by atoms with Crippen molar-refractivity contribution in [3.63, 3.8) is 0 Å². The van der Waals surface area contributed by atoms with Crippen LogP contribution in [-0.4, -0.2) is 52.6 Å². The van der Waals surface area contributed by atoms with Gasteiger partial charge < -0.3 is 29.7 Å². The second kappa shape index (κ2) is 22.6. The van der Waals surface area contributed by atoms with Crippen molar-refractivity contribution in [3.05, 3.63) is 0 Å². The maximum atomic E-state index is 10.8. The van der Waals surface area contributed by atoms with E-state index in [0.29, 0.717) is 12.8 Å². The number of rotatable bonds is 13. The van der Waals surface area contributed by atoms with Crippen LogP contribution in [0.15, 0.2) is 0 Å². The van der Waals surface area contributed by atoms with Gasteiger partial charge in [0.05, 0.1) is 0 Å². The summed E-state index contributed by atoms with van der Waals surface area (Å²) >= 11 is 0. The Morgan fingerprint density at radius 3 is 1.00 bits per heavy atom. The Balaban J connectivity index is -0.000000176. The van der Waals surface area contributed by atoms with Crippen LogP contribution >= 0.6 is 0 Å². The molecule has 2 atom stereocenters. The Morgan fingerprint density at radius 2 is 0.839 bits per heavy atom. The fraction of sp³-hybridized carbons (Fsp3) is 0.714. The van der Waals surface area contributed by atoms with E-state index >= 15 is 0 Å². The molecule has 0 aliphatic rings. The number of aliphatic carboxylic acids is 3. The summed E-state index contributed by atoms with van der Waals surface area (Å²) in [4.78, 5) is 61.3. The quantitative estimate of drug-likeness (QED) is 0.248. The second-order valence-corrected chi connectivity index (χ2v) is 7.05. The molecule has 0 heterocycles. The minimum atomic E-state index is -1.29. The third-order valence-corrected chi connectivity index (χ3v) is 3.96. The Bertz CT molecular complexity index is 537. The van der Waals surface area contributed by atoms with Gasteiger partial charge in [-0.2, -0.15) is 0 Å². The van der Waals surface area contributed by atoms with Crippen molar-refractivity contribution in [2.75, 3.05) is 0 Å². The van der Waals surface area contributed by atoms with Gasteiger partial charge in [-0.3, -0.25) is 14.4 Å². The van der Waals surface area contributed by atoms with Crippen LogP contribution in [-0.2, 0) is 28.8 Å². The SMILES string of the molecule is CCC(=O)CC(=O)[O-].CCC(C)CC(=O)CC(=O)[O-].CCC(C)CC(=O)CC(=O)[O-].[Al+3]. The molecule has 0 aliphatic carbocycles. The standard InChI is InChI=1S/2C8H14O3.C5H8O3.Al/c2*1-3-6(2)4-7(9)5-8(10)11;1-2-4(6)3-5(7)8;/h2*6H,3-5H2,1-2H3,(H,10,11);2-3H2,1H3,(H,7,8);/q;;;+3/p-3. The average molecular weight is 456 g/mol. The summed E-state index contributed by atoms with van der Waals surface area (Å²) in [6.45, 7) is 9.40. The van der Waals surface area contributed by atoms with E-state index in [1.54, 1.807) is 6.92 Å². The Kier molecular flexibility index (Phi) is 26.5. The van der Waals surface area contributed by atoms with Crippen molar-refractivity contribution in [2.45, 2.75) is 86.0 Å². The maximum absolute atomic E-state index is 10.8. The predicted octanol–water partition coefficient (Wildman–Crippen LogP) is -1.01. The summed E-state index contributed by atoms with van der Waals surface area (Å²) in [5, 5.41) is 29.5. The van der Waals surface area contributed by atoms with Crippen molar-refractivity contribution in [3.8, 4) is 0 Å². The van der Waals surface area contributed by atoms with Gasteiger partial charge in [0.1, 0.15) is 17.3 Å². The molecule has 0 aromatic heterocycles. The maximum Gasteiger partial charge on any atom is 3.00 e. The van der Waals surface area contributed by atoms with E-state index < -0.39 is 37.2 Å². The molecule has 0 N–H and O–H groups in total. The minimum Gasteiger partial charge on any atom is -0.550 e. The number of carboxylic acid groups (broad SMARTS) is 3. The zero-order valence-electron chi connectivity index (χ0n) is 19.1. The molecule has 0 spiro atoms. The van der Waals surface area contributed by atoms with E-state index in [0.717, 1.165) is 12.8 Å². The molecule has 0 aliphatic heterocycles. The van der Waals surface area contributed by atoms with Gasteiger partial charge >= 0.3 is 17.4 Å². The van der Waals surface area contributed by atoms with Crippen molar-refractivity contribution < 1.29 is 44.1 Å². The summed E-state index contributed by atoms with van der Waals surface area (Å²) < 4.78 is 0. The first-order valence-electron chi connectivity index (χ1n) is 9.93. The number of hydrogen-bond acceptors (Lipinski definition) is 9. The predicted molar refractivity (Wildman–Crippen MR) is 108 cm³/mol. The molecule has 0 fully saturated rings. The first-order valence-corrected chi connectivity index (χ1v) is 9.93. The van der Waals surface area contributed by atoms with Gasteiger partial charge in [0.2, 0.25) is 0 Å². The van der Waals surface area contributed by atoms with E-state index in [4.69, 9.17) is 0 Å². The van der Waals surface area contributed by atoms with Crippen molar-refractivity contribution in [1.29, 1.82) is 0 Å². The summed E-state index contributed by atoms with van der Waals surface area (Å²) in [6, 6.07) is 0. The normalized spacial score (nSPS) is 11.1. The second-order valence-electron chi connectivity index (χ2n) is 7.05. The van der Waals surface area contributed by atoms with Gasteiger partial charge in [-0.1, -0.05) is 47.5 Å². The zero-order chi connectivity index (χ0) is 24.3. The number of carbonyl (C=O) groups excluding carboxylic acids is 6. The van der Waals surface area contributed by atoms with Gasteiger partial charge in [0.15, 0.2) is 0 Å². The van der Waals surface area contributed by atoms with Gasteiger partial charge in [-0.25, -0.2) is 0 Å². The molecular weight excluding hydrogens is 423 g/mol. The van der Waals surface area contributed by atoms with Gasteiger partial charge in [-0.15, -0.1) is 0 Å². The number of Topliss-reactive ketones (excluding diaryl/α,β-unsaturated/α-hetero) is 3. The Hall–Kier alpha value is -2.05. The molecule has 0 aromatic rings. The van der Waals surface area contributed by atoms with Crippen LogP contribution in [0.4, 0.5) is 0 Å². The molecule has 31 heavy (non-hydrogen) atoms. The van der Waals surface area contributed by atoms with E-state index in [-0.39, 0.29) is 53.0 Å². The molecule has 0 saturated heterocycles. The van der Waals surface area contributed by atoms with E-state index in [1.165, 1.54) is 0 Å². The largest absolute Gasteiger partial charge is 3.00 e. The first-order chi connectivity index (χ1) is 13.8. The van der Waals surface area contributed by atoms with Crippen molar-refractivity contribution in [1.82, 2.24) is 0 Å². The molecule has 0 aromatic carbocycles. The topological polar surface area (TPSA) is 172 Å². The molecule has 0 radical (unpaired) electrons. The van der Waals surface area contributed by atoms with E-state index in [1.807, 2.05) is 27.7 Å². The molecule has 174 valence electrons. The van der Waals surface area contributed by atoms with Crippen LogP contribution in [0.2, 0.25) is 0 Å². The van der Waals surface area contributed by atoms with Crippen LogP contribution < -0.4 is 15.3 Å². The van der Waals surface area contributed by atoms with Gasteiger partial charge in [-0.05, 0) is 11.8 Å². The Morgan fingerprint density at radius 1 is 0.581 bits per heavy atom. The fourth-order valence-corrected chi connectivity index (χ4v) is 1.82. The third-order valence-electron chi connectivity index (χ3n) is 3.96. The zero-order valence-corrected chi connectivity index (χ0v) is 20.2. The van der Waals surface area contributed by atoms with E-state index in [2.05, 4.69) is 0 Å². The number of carboxylic acids is 3. The summed E-state index contributed by atoms with van der Waals surface area (Å²) in [5.74, 6) is -4.05. The number of ketones is 3. The fourth-order valence-electron chi connectivity index (χ4n) is 1.82. The molecule has 0 rings (SSSR count). The van der Waals surface area contributed by atoms with Crippen LogP contribution in [0, 0.1) is 11.8 Å². The molecule has 0 amide bonds. The molecule has 10 heteroatoms. The van der Waals surface area contributed by atoms with Crippen LogP contribution in [0.25, 0.3) is 0 Å². The van der Waals surface area contributed by atoms with Crippen LogP contribution in [0.3, 0.4) is 0 Å². The summed E-state index contributed by atoms with van der Waals surface area (Å²) in [6.07, 6.45) is 1.45. The minimum absolute atomic E-state index is 0. The third kappa shape index (κ3) is 32.8. The molecule has 0 bridgehead atoms. The smallest absolute Gasteiger partial charge is 0.550 e. The van der Waals surface area contributed by atoms with Crippen molar-refractivity contribution in [2.24, 2.45) is 11.8 Å². The van der Waals surface area contributed by atoms with Gasteiger partial charge in [0, 0.05) is 56.4 Å². The van der Waals surface area contributed by atoms with Crippen LogP contribution in [0.5, 0.6) is 0 Å². The molecule has 9 nitrogen and oxygen atoms in total. The number of carbonyl (C=O) groups is 6. The average Bonchev–Trinajstić information content (AvgIpc) is 2.60. The van der Waals surface area contributed by atoms with Gasteiger partial charge in [0.25, 0.3) is 0 Å². The molecule has 0 saturated carbocycles. The van der Waals surface area contributed by atoms with Crippen LogP contribution in [0.1, 0.15) is 86.0 Å². The monoisotopic (exact) mass is 456 g/mol. The van der Waals surface area contributed by atoms with Crippen molar-refractivity contribution >= 4 is 52.6 Å². The Labute approximate surface area is 194 Å². The summed E-state index contributed by atoms with van der Waals surface area (Å²) in [7, 11) is 0.